The van der Waals surface area contributed by atoms with E-state index in [4.69, 9.17) is 9.47 Å². The highest BCUT2D eigenvalue weighted by atomic mass is 32.1. The highest BCUT2D eigenvalue weighted by molar-refractivity contribution is 7.18. The normalized spacial score (nSPS) is 13.8. The Morgan fingerprint density at radius 3 is 2.77 bits per heavy atom. The Morgan fingerprint density at radius 2 is 2.00 bits per heavy atom. The van der Waals surface area contributed by atoms with E-state index < -0.39 is 0 Å². The van der Waals surface area contributed by atoms with Crippen LogP contribution in [-0.4, -0.2) is 43.8 Å². The number of pyridine rings is 1. The average Bonchev–Trinajstić information content (AvgIpc) is 3.28. The van der Waals surface area contributed by atoms with Crippen molar-refractivity contribution in [1.82, 2.24) is 10.3 Å². The van der Waals surface area contributed by atoms with Crippen LogP contribution in [0.3, 0.4) is 0 Å². The van der Waals surface area contributed by atoms with Gasteiger partial charge in [0.2, 0.25) is 5.88 Å². The largest absolute Gasteiger partial charge is 0.477 e. The molecule has 7 heteroatoms. The van der Waals surface area contributed by atoms with Crippen LogP contribution in [0.5, 0.6) is 5.88 Å². The lowest BCUT2D eigenvalue weighted by Crippen LogP contribution is -2.35. The topological polar surface area (TPSA) is 63.7 Å². The summed E-state index contributed by atoms with van der Waals surface area (Å²) in [7, 11) is 0. The van der Waals surface area contributed by atoms with Crippen LogP contribution in [0.15, 0.2) is 54.7 Å². The van der Waals surface area contributed by atoms with E-state index in [9.17, 15) is 4.79 Å². The first-order valence-corrected chi connectivity index (χ1v) is 11.4. The predicted octanol–water partition coefficient (Wildman–Crippen LogP) is 4.37. The van der Waals surface area contributed by atoms with Crippen molar-refractivity contribution in [3.8, 4) is 17.0 Å². The van der Waals surface area contributed by atoms with Gasteiger partial charge in [0.05, 0.1) is 29.7 Å². The molecule has 1 amide bonds. The highest BCUT2D eigenvalue weighted by Gasteiger charge is 2.22. The van der Waals surface area contributed by atoms with Gasteiger partial charge in [0.1, 0.15) is 0 Å². The molecule has 1 fully saturated rings. The molecule has 0 saturated carbocycles. The van der Waals surface area contributed by atoms with Gasteiger partial charge in [0.25, 0.3) is 5.91 Å². The fourth-order valence-corrected chi connectivity index (χ4v) is 4.62. The second-order valence-electron chi connectivity index (χ2n) is 7.29. The standard InChI is InChI=1S/C24H27N3O3S/c1-2-13-30-23-19(9-6-10-25-23)17-26-22(28)21-16-20(18-7-4-3-5-8-18)24(31-21)27-11-14-29-15-12-27/h3-10,16H,2,11-15,17H2,1H3,(H,26,28). The second kappa shape index (κ2) is 10.4. The Bertz CT molecular complexity index is 1000. The maximum absolute atomic E-state index is 13.0. The molecule has 0 radical (unpaired) electrons. The number of amides is 1. The van der Waals surface area contributed by atoms with Gasteiger partial charge in [-0.25, -0.2) is 4.98 Å². The Balaban J connectivity index is 1.54. The number of carbonyl (C=O) groups excluding carboxylic acids is 1. The van der Waals surface area contributed by atoms with Gasteiger partial charge in [-0.05, 0) is 24.1 Å². The van der Waals surface area contributed by atoms with Gasteiger partial charge in [-0.1, -0.05) is 43.3 Å². The third kappa shape index (κ3) is 5.24. The van der Waals surface area contributed by atoms with Gasteiger partial charge in [-0.2, -0.15) is 0 Å². The van der Waals surface area contributed by atoms with Crippen molar-refractivity contribution < 1.29 is 14.3 Å². The van der Waals surface area contributed by atoms with Gasteiger partial charge >= 0.3 is 0 Å². The van der Waals surface area contributed by atoms with E-state index in [1.165, 1.54) is 11.3 Å². The third-order valence-corrected chi connectivity index (χ3v) is 6.25. The van der Waals surface area contributed by atoms with Crippen LogP contribution >= 0.6 is 11.3 Å². The molecule has 1 aliphatic rings. The van der Waals surface area contributed by atoms with Crippen molar-refractivity contribution in [1.29, 1.82) is 0 Å². The molecule has 0 unspecified atom stereocenters. The SMILES string of the molecule is CCCOc1ncccc1CNC(=O)c1cc(-c2ccccc2)c(N2CCOCC2)s1. The summed E-state index contributed by atoms with van der Waals surface area (Å²) >= 11 is 1.53. The molecule has 31 heavy (non-hydrogen) atoms. The molecule has 1 aliphatic heterocycles. The monoisotopic (exact) mass is 437 g/mol. The molecule has 0 atom stereocenters. The van der Waals surface area contributed by atoms with Crippen LogP contribution < -0.4 is 15.0 Å². The van der Waals surface area contributed by atoms with Crippen LogP contribution in [0.1, 0.15) is 28.6 Å². The maximum atomic E-state index is 13.0. The zero-order valence-electron chi connectivity index (χ0n) is 17.7. The number of nitrogens with one attached hydrogen (secondary N) is 1. The van der Waals surface area contributed by atoms with E-state index in [0.29, 0.717) is 37.1 Å². The van der Waals surface area contributed by atoms with Crippen molar-refractivity contribution in [2.24, 2.45) is 0 Å². The molecule has 0 bridgehead atoms. The number of ether oxygens (including phenoxy) is 2. The first-order chi connectivity index (χ1) is 15.3. The molecular formula is C24H27N3O3S. The van der Waals surface area contributed by atoms with Crippen LogP contribution in [0.25, 0.3) is 11.1 Å². The van der Waals surface area contributed by atoms with Crippen LogP contribution in [0, 0.1) is 0 Å². The number of anilines is 1. The number of rotatable bonds is 8. The van der Waals surface area contributed by atoms with Crippen molar-refractivity contribution in [3.63, 3.8) is 0 Å². The van der Waals surface area contributed by atoms with E-state index in [2.05, 4.69) is 34.3 Å². The van der Waals surface area contributed by atoms with Crippen LogP contribution in [0.2, 0.25) is 0 Å². The number of morpholine rings is 1. The lowest BCUT2D eigenvalue weighted by Gasteiger charge is -2.28. The van der Waals surface area contributed by atoms with Crippen molar-refractivity contribution in [2.45, 2.75) is 19.9 Å². The fraction of sp³-hybridized carbons (Fsp3) is 0.333. The van der Waals surface area contributed by atoms with Crippen molar-refractivity contribution in [2.75, 3.05) is 37.8 Å². The molecular weight excluding hydrogens is 410 g/mol. The molecule has 2 aromatic heterocycles. The summed E-state index contributed by atoms with van der Waals surface area (Å²) < 4.78 is 11.2. The predicted molar refractivity (Wildman–Crippen MR) is 124 cm³/mol. The Labute approximate surface area is 186 Å². The molecule has 1 N–H and O–H groups in total. The fourth-order valence-electron chi connectivity index (χ4n) is 3.47. The number of hydrogen-bond acceptors (Lipinski definition) is 6. The number of aromatic nitrogens is 1. The molecule has 162 valence electrons. The number of hydrogen-bond donors (Lipinski definition) is 1. The molecule has 0 spiro atoms. The minimum atomic E-state index is -0.0908. The molecule has 4 rings (SSSR count). The van der Waals surface area contributed by atoms with E-state index in [1.807, 2.05) is 36.4 Å². The molecule has 6 nitrogen and oxygen atoms in total. The zero-order valence-corrected chi connectivity index (χ0v) is 18.5. The van der Waals surface area contributed by atoms with Crippen LogP contribution in [-0.2, 0) is 11.3 Å². The van der Waals surface area contributed by atoms with Gasteiger partial charge in [0.15, 0.2) is 0 Å². The lowest BCUT2D eigenvalue weighted by molar-refractivity contribution is 0.0954. The number of nitrogens with zero attached hydrogens (tertiary/aromatic N) is 2. The minimum Gasteiger partial charge on any atom is -0.477 e. The Morgan fingerprint density at radius 1 is 1.19 bits per heavy atom. The molecule has 1 aromatic carbocycles. The summed E-state index contributed by atoms with van der Waals surface area (Å²) in [6.45, 7) is 6.09. The third-order valence-electron chi connectivity index (χ3n) is 5.05. The molecule has 3 aromatic rings. The van der Waals surface area contributed by atoms with Gasteiger partial charge in [-0.15, -0.1) is 11.3 Å². The van der Waals surface area contributed by atoms with E-state index in [-0.39, 0.29) is 5.91 Å². The molecule has 3 heterocycles. The summed E-state index contributed by atoms with van der Waals surface area (Å²) in [5.41, 5.74) is 3.07. The Kier molecular flexibility index (Phi) is 7.17. The Hall–Kier alpha value is -2.90. The van der Waals surface area contributed by atoms with E-state index in [0.717, 1.165) is 41.2 Å². The smallest absolute Gasteiger partial charge is 0.261 e. The first kappa shape index (κ1) is 21.3. The summed E-state index contributed by atoms with van der Waals surface area (Å²) in [5, 5.41) is 4.15. The highest BCUT2D eigenvalue weighted by Crippen LogP contribution is 2.39. The van der Waals surface area contributed by atoms with Crippen LogP contribution in [0.4, 0.5) is 5.00 Å². The zero-order chi connectivity index (χ0) is 21.5. The lowest BCUT2D eigenvalue weighted by atomic mass is 10.1. The van der Waals surface area contributed by atoms with E-state index in [1.54, 1.807) is 6.20 Å². The van der Waals surface area contributed by atoms with E-state index >= 15 is 0 Å². The number of benzene rings is 1. The number of thiophene rings is 1. The average molecular weight is 438 g/mol. The summed E-state index contributed by atoms with van der Waals surface area (Å²) in [6.07, 6.45) is 2.61. The van der Waals surface area contributed by atoms with Gasteiger partial charge in [0, 0.05) is 37.0 Å². The van der Waals surface area contributed by atoms with Crippen molar-refractivity contribution in [3.05, 3.63) is 65.2 Å². The second-order valence-corrected chi connectivity index (χ2v) is 8.32. The molecule has 0 aliphatic carbocycles. The quantitative estimate of drug-likeness (QED) is 0.567. The number of carbonyl (C=O) groups is 1. The maximum Gasteiger partial charge on any atom is 0.261 e. The van der Waals surface area contributed by atoms with Gasteiger partial charge < -0.3 is 19.7 Å². The molecule has 1 saturated heterocycles. The van der Waals surface area contributed by atoms with Crippen molar-refractivity contribution >= 4 is 22.2 Å². The summed E-state index contributed by atoms with van der Waals surface area (Å²) in [5.74, 6) is 0.488. The summed E-state index contributed by atoms with van der Waals surface area (Å²) in [6, 6.07) is 16.0. The minimum absolute atomic E-state index is 0.0908. The summed E-state index contributed by atoms with van der Waals surface area (Å²) in [4.78, 5) is 20.3. The first-order valence-electron chi connectivity index (χ1n) is 10.6. The van der Waals surface area contributed by atoms with Gasteiger partial charge in [-0.3, -0.25) is 4.79 Å².